The molecule has 1 aliphatic heterocycles. The van der Waals surface area contributed by atoms with Gasteiger partial charge in [0, 0.05) is 6.92 Å². The molecule has 9 heteroatoms. The van der Waals surface area contributed by atoms with E-state index in [0.717, 1.165) is 17.2 Å². The second-order valence-electron chi connectivity index (χ2n) is 7.87. The predicted molar refractivity (Wildman–Crippen MR) is 126 cm³/mol. The van der Waals surface area contributed by atoms with E-state index in [1.807, 2.05) is 19.1 Å². The standard InChI is InChI=1S/C26H24N2O7/c1-4-34-22-13-17(10-12-21(22)33-3)20(14-23(30)27-35-15(2)29)28-25(31)19-11-9-16-7-5-6-8-18(16)24(19)26(28)32/h5-13,20H,4,14H2,1-3H3,(H,27,30)/t20-/m0/s1. The maximum atomic E-state index is 13.6. The Morgan fingerprint density at radius 2 is 1.77 bits per heavy atom. The van der Waals surface area contributed by atoms with Crippen molar-refractivity contribution in [1.29, 1.82) is 0 Å². The summed E-state index contributed by atoms with van der Waals surface area (Å²) in [6.45, 7) is 3.31. The molecule has 1 atom stereocenters. The summed E-state index contributed by atoms with van der Waals surface area (Å²) in [5.74, 6) is -1.55. The smallest absolute Gasteiger partial charge is 0.329 e. The third kappa shape index (κ3) is 4.52. The van der Waals surface area contributed by atoms with E-state index in [1.54, 1.807) is 42.5 Å². The molecule has 9 nitrogen and oxygen atoms in total. The summed E-state index contributed by atoms with van der Waals surface area (Å²) in [6, 6.07) is 14.6. The first-order chi connectivity index (χ1) is 16.8. The molecule has 0 spiro atoms. The summed E-state index contributed by atoms with van der Waals surface area (Å²) in [7, 11) is 1.50. The van der Waals surface area contributed by atoms with Gasteiger partial charge in [0.2, 0.25) is 0 Å². The number of hydroxylamine groups is 1. The Bertz CT molecular complexity index is 1330. The molecule has 3 aromatic carbocycles. The van der Waals surface area contributed by atoms with Crippen molar-refractivity contribution in [2.24, 2.45) is 0 Å². The summed E-state index contributed by atoms with van der Waals surface area (Å²) >= 11 is 0. The van der Waals surface area contributed by atoms with Crippen LogP contribution in [0.15, 0.2) is 54.6 Å². The van der Waals surface area contributed by atoms with E-state index in [0.29, 0.717) is 29.1 Å². The molecular formula is C26H24N2O7. The minimum atomic E-state index is -0.998. The number of ether oxygens (including phenoxy) is 2. The third-order valence-corrected chi connectivity index (χ3v) is 5.68. The highest BCUT2D eigenvalue weighted by atomic mass is 16.7. The number of rotatable bonds is 7. The zero-order valence-electron chi connectivity index (χ0n) is 19.5. The van der Waals surface area contributed by atoms with Gasteiger partial charge in [0.05, 0.1) is 37.3 Å². The number of hydrogen-bond acceptors (Lipinski definition) is 7. The van der Waals surface area contributed by atoms with E-state index in [2.05, 4.69) is 10.3 Å². The summed E-state index contributed by atoms with van der Waals surface area (Å²) in [5.41, 5.74) is 3.08. The fraction of sp³-hybridized carbons (Fsp3) is 0.231. The lowest BCUT2D eigenvalue weighted by atomic mass is 10.00. The van der Waals surface area contributed by atoms with Gasteiger partial charge in [0.1, 0.15) is 0 Å². The van der Waals surface area contributed by atoms with Crippen LogP contribution in [0.5, 0.6) is 11.5 Å². The van der Waals surface area contributed by atoms with Crippen LogP contribution in [0.2, 0.25) is 0 Å². The number of benzene rings is 3. The normalized spacial score (nSPS) is 13.4. The molecule has 3 amide bonds. The molecule has 3 aromatic rings. The molecular weight excluding hydrogens is 452 g/mol. The Hall–Kier alpha value is -4.40. The van der Waals surface area contributed by atoms with E-state index in [9.17, 15) is 19.2 Å². The van der Waals surface area contributed by atoms with E-state index < -0.39 is 29.7 Å². The van der Waals surface area contributed by atoms with Crippen LogP contribution < -0.4 is 15.0 Å². The van der Waals surface area contributed by atoms with E-state index in [1.165, 1.54) is 7.11 Å². The number of hydrogen-bond donors (Lipinski definition) is 1. The van der Waals surface area contributed by atoms with Crippen molar-refractivity contribution in [3.8, 4) is 11.5 Å². The van der Waals surface area contributed by atoms with Gasteiger partial charge in [-0.25, -0.2) is 0 Å². The summed E-state index contributed by atoms with van der Waals surface area (Å²) < 4.78 is 11.0. The zero-order chi connectivity index (χ0) is 25.1. The molecule has 180 valence electrons. The highest BCUT2D eigenvalue weighted by molar-refractivity contribution is 6.26. The van der Waals surface area contributed by atoms with Crippen LogP contribution in [-0.2, 0) is 14.4 Å². The number of methoxy groups -OCH3 is 1. The highest BCUT2D eigenvalue weighted by Crippen LogP contribution is 2.39. The van der Waals surface area contributed by atoms with Gasteiger partial charge in [-0.05, 0) is 41.5 Å². The minimum Gasteiger partial charge on any atom is -0.493 e. The lowest BCUT2D eigenvalue weighted by Crippen LogP contribution is -2.38. The van der Waals surface area contributed by atoms with Gasteiger partial charge in [-0.2, -0.15) is 5.48 Å². The zero-order valence-corrected chi connectivity index (χ0v) is 19.5. The quantitative estimate of drug-likeness (QED) is 0.410. The number of fused-ring (bicyclic) bond motifs is 3. The monoisotopic (exact) mass is 476 g/mol. The van der Waals surface area contributed by atoms with Crippen molar-refractivity contribution >= 4 is 34.5 Å². The molecule has 1 heterocycles. The Balaban J connectivity index is 1.79. The Kier molecular flexibility index (Phi) is 6.68. The van der Waals surface area contributed by atoms with Crippen molar-refractivity contribution in [3.63, 3.8) is 0 Å². The van der Waals surface area contributed by atoms with Gasteiger partial charge in [-0.15, -0.1) is 0 Å². The highest BCUT2D eigenvalue weighted by Gasteiger charge is 2.42. The Morgan fingerprint density at radius 1 is 1.00 bits per heavy atom. The fourth-order valence-corrected chi connectivity index (χ4v) is 4.18. The molecule has 0 aromatic heterocycles. The Labute approximate surface area is 201 Å². The second kappa shape index (κ2) is 9.84. The van der Waals surface area contributed by atoms with Gasteiger partial charge >= 0.3 is 5.97 Å². The third-order valence-electron chi connectivity index (χ3n) is 5.68. The average Bonchev–Trinajstić information content (AvgIpc) is 3.11. The van der Waals surface area contributed by atoms with E-state index in [-0.39, 0.29) is 17.5 Å². The van der Waals surface area contributed by atoms with Gasteiger partial charge in [0.15, 0.2) is 11.5 Å². The van der Waals surface area contributed by atoms with Crippen LogP contribution in [0.25, 0.3) is 10.8 Å². The lowest BCUT2D eigenvalue weighted by molar-refractivity contribution is -0.156. The van der Waals surface area contributed by atoms with Crippen LogP contribution in [0, 0.1) is 0 Å². The van der Waals surface area contributed by atoms with Crippen molar-refractivity contribution in [2.45, 2.75) is 26.3 Å². The van der Waals surface area contributed by atoms with Crippen LogP contribution in [0.4, 0.5) is 0 Å². The largest absolute Gasteiger partial charge is 0.493 e. The summed E-state index contributed by atoms with van der Waals surface area (Å²) in [5, 5.41) is 1.47. The molecule has 0 radical (unpaired) electrons. The molecule has 0 bridgehead atoms. The maximum Gasteiger partial charge on any atom is 0.329 e. The number of nitrogens with one attached hydrogen (secondary N) is 1. The number of imide groups is 1. The van der Waals surface area contributed by atoms with Crippen molar-refractivity contribution in [3.05, 3.63) is 71.3 Å². The predicted octanol–water partition coefficient (Wildman–Crippen LogP) is 3.57. The van der Waals surface area contributed by atoms with Crippen molar-refractivity contribution in [1.82, 2.24) is 10.4 Å². The summed E-state index contributed by atoms with van der Waals surface area (Å²) in [4.78, 5) is 56.6. The van der Waals surface area contributed by atoms with Crippen LogP contribution in [0.1, 0.15) is 52.6 Å². The minimum absolute atomic E-state index is 0.262. The molecule has 35 heavy (non-hydrogen) atoms. The molecule has 0 fully saturated rings. The lowest BCUT2D eigenvalue weighted by Gasteiger charge is -2.27. The Morgan fingerprint density at radius 3 is 2.49 bits per heavy atom. The molecule has 0 saturated carbocycles. The number of carbonyl (C=O) groups excluding carboxylic acids is 4. The fourth-order valence-electron chi connectivity index (χ4n) is 4.18. The van der Waals surface area contributed by atoms with Gasteiger partial charge < -0.3 is 14.3 Å². The van der Waals surface area contributed by atoms with Crippen molar-refractivity contribution in [2.75, 3.05) is 13.7 Å². The van der Waals surface area contributed by atoms with Crippen molar-refractivity contribution < 1.29 is 33.5 Å². The number of carbonyl (C=O) groups is 4. The van der Waals surface area contributed by atoms with E-state index in [4.69, 9.17) is 9.47 Å². The summed E-state index contributed by atoms with van der Waals surface area (Å²) in [6.07, 6.45) is -0.339. The average molecular weight is 476 g/mol. The first-order valence-electron chi connectivity index (χ1n) is 11.0. The number of amides is 3. The van der Waals surface area contributed by atoms with Gasteiger partial charge in [-0.3, -0.25) is 24.1 Å². The molecule has 0 saturated heterocycles. The van der Waals surface area contributed by atoms with Crippen LogP contribution >= 0.6 is 0 Å². The molecule has 0 unspecified atom stereocenters. The van der Waals surface area contributed by atoms with Gasteiger partial charge in [0.25, 0.3) is 17.7 Å². The molecule has 1 aliphatic rings. The first kappa shape index (κ1) is 23.7. The first-order valence-corrected chi connectivity index (χ1v) is 11.0. The number of nitrogens with zero attached hydrogens (tertiary/aromatic N) is 1. The molecule has 0 aliphatic carbocycles. The van der Waals surface area contributed by atoms with Gasteiger partial charge in [-0.1, -0.05) is 36.4 Å². The topological polar surface area (TPSA) is 111 Å². The molecule has 1 N–H and O–H groups in total. The SMILES string of the molecule is CCOc1cc([C@H](CC(=O)NOC(C)=O)N2C(=O)c3ccc4ccccc4c3C2=O)ccc1OC. The van der Waals surface area contributed by atoms with Crippen LogP contribution in [-0.4, -0.2) is 42.3 Å². The maximum absolute atomic E-state index is 13.6. The molecule has 4 rings (SSSR count). The van der Waals surface area contributed by atoms with Crippen LogP contribution in [0.3, 0.4) is 0 Å². The van der Waals surface area contributed by atoms with E-state index >= 15 is 0 Å². The second-order valence-corrected chi connectivity index (χ2v) is 7.87.